The van der Waals surface area contributed by atoms with Gasteiger partial charge in [0.25, 0.3) is 0 Å². The molecule has 2 unspecified atom stereocenters. The highest BCUT2D eigenvalue weighted by atomic mass is 32.2. The van der Waals surface area contributed by atoms with Crippen molar-refractivity contribution in [2.75, 3.05) is 0 Å². The standard InChI is InChI=1S/C17H22N2S/c1-12-5-4-6-14(9-12)20-17-10-13(11-18)15-7-2-3-8-16(15)19-17/h2-3,7-8,10,12,14H,4-6,9,11,18H2,1H3. The number of nitrogens with zero attached hydrogens (tertiary/aromatic N) is 1. The van der Waals surface area contributed by atoms with Gasteiger partial charge in [0, 0.05) is 17.2 Å². The van der Waals surface area contributed by atoms with Gasteiger partial charge in [-0.3, -0.25) is 0 Å². The summed E-state index contributed by atoms with van der Waals surface area (Å²) in [5.41, 5.74) is 8.18. The molecule has 0 bridgehead atoms. The average Bonchev–Trinajstić information content (AvgIpc) is 2.46. The Balaban J connectivity index is 1.87. The third-order valence-corrected chi connectivity index (χ3v) is 5.39. The minimum absolute atomic E-state index is 0.581. The van der Waals surface area contributed by atoms with Crippen LogP contribution < -0.4 is 5.73 Å². The van der Waals surface area contributed by atoms with Crippen LogP contribution in [0.25, 0.3) is 10.9 Å². The van der Waals surface area contributed by atoms with Crippen molar-refractivity contribution in [3.63, 3.8) is 0 Å². The van der Waals surface area contributed by atoms with Crippen molar-refractivity contribution in [2.24, 2.45) is 11.7 Å². The summed E-state index contributed by atoms with van der Waals surface area (Å²) >= 11 is 1.95. The van der Waals surface area contributed by atoms with Crippen molar-refractivity contribution in [2.45, 2.75) is 49.4 Å². The second-order valence-corrected chi connectivity index (χ2v) is 7.17. The molecule has 0 saturated heterocycles. The molecule has 0 radical (unpaired) electrons. The molecule has 1 aliphatic rings. The highest BCUT2D eigenvalue weighted by Gasteiger charge is 2.20. The number of rotatable bonds is 3. The summed E-state index contributed by atoms with van der Waals surface area (Å²) < 4.78 is 0. The van der Waals surface area contributed by atoms with E-state index >= 15 is 0 Å². The summed E-state index contributed by atoms with van der Waals surface area (Å²) in [7, 11) is 0. The molecule has 1 aromatic heterocycles. The number of hydrogen-bond donors (Lipinski definition) is 1. The first-order valence-corrected chi connectivity index (χ1v) is 8.39. The van der Waals surface area contributed by atoms with Crippen LogP contribution in [0.1, 0.15) is 38.2 Å². The summed E-state index contributed by atoms with van der Waals surface area (Å²) in [5.74, 6) is 0.857. The van der Waals surface area contributed by atoms with E-state index in [9.17, 15) is 0 Å². The minimum atomic E-state index is 0.581. The summed E-state index contributed by atoms with van der Waals surface area (Å²) in [5, 5.41) is 3.05. The minimum Gasteiger partial charge on any atom is -0.326 e. The highest BCUT2D eigenvalue weighted by molar-refractivity contribution is 7.99. The summed E-state index contributed by atoms with van der Waals surface area (Å²) in [4.78, 5) is 4.81. The van der Waals surface area contributed by atoms with Gasteiger partial charge >= 0.3 is 0 Å². The molecule has 2 aromatic rings. The van der Waals surface area contributed by atoms with Gasteiger partial charge in [0.15, 0.2) is 0 Å². The SMILES string of the molecule is CC1CCCC(Sc2cc(CN)c3ccccc3n2)C1. The van der Waals surface area contributed by atoms with E-state index in [1.807, 2.05) is 17.8 Å². The Labute approximate surface area is 125 Å². The molecular formula is C17H22N2S. The molecule has 1 heterocycles. The molecule has 1 aromatic carbocycles. The third-order valence-electron chi connectivity index (χ3n) is 4.17. The van der Waals surface area contributed by atoms with E-state index in [4.69, 9.17) is 10.7 Å². The lowest BCUT2D eigenvalue weighted by atomic mass is 9.91. The molecule has 0 aliphatic heterocycles. The lowest BCUT2D eigenvalue weighted by Gasteiger charge is -2.26. The normalized spacial score (nSPS) is 23.1. The summed E-state index contributed by atoms with van der Waals surface area (Å²) in [6.07, 6.45) is 5.38. The highest BCUT2D eigenvalue weighted by Crippen LogP contribution is 2.36. The summed E-state index contributed by atoms with van der Waals surface area (Å²) in [6, 6.07) is 10.5. The zero-order valence-electron chi connectivity index (χ0n) is 12.0. The van der Waals surface area contributed by atoms with Crippen LogP contribution >= 0.6 is 11.8 Å². The van der Waals surface area contributed by atoms with Crippen LogP contribution in [0.3, 0.4) is 0 Å². The first-order valence-electron chi connectivity index (χ1n) is 7.51. The molecule has 2 atom stereocenters. The van der Waals surface area contributed by atoms with E-state index in [1.54, 1.807) is 0 Å². The fourth-order valence-electron chi connectivity index (χ4n) is 3.11. The Morgan fingerprint density at radius 1 is 1.30 bits per heavy atom. The van der Waals surface area contributed by atoms with Crippen LogP contribution in [0.15, 0.2) is 35.4 Å². The molecule has 2 nitrogen and oxygen atoms in total. The Hall–Kier alpha value is -1.06. The number of nitrogens with two attached hydrogens (primary N) is 1. The van der Waals surface area contributed by atoms with Crippen LogP contribution in [0.4, 0.5) is 0 Å². The quantitative estimate of drug-likeness (QED) is 0.911. The first-order chi connectivity index (χ1) is 9.76. The molecule has 3 heteroatoms. The van der Waals surface area contributed by atoms with Crippen molar-refractivity contribution >= 4 is 22.7 Å². The molecule has 1 fully saturated rings. The van der Waals surface area contributed by atoms with Crippen LogP contribution in [0.5, 0.6) is 0 Å². The van der Waals surface area contributed by atoms with E-state index in [1.165, 1.54) is 36.6 Å². The second kappa shape index (κ2) is 6.15. The monoisotopic (exact) mass is 286 g/mol. The second-order valence-electron chi connectivity index (χ2n) is 5.85. The number of pyridine rings is 1. The lowest BCUT2D eigenvalue weighted by Crippen LogP contribution is -2.15. The molecule has 106 valence electrons. The predicted octanol–water partition coefficient (Wildman–Crippen LogP) is 4.36. The maximum absolute atomic E-state index is 5.90. The number of hydrogen-bond acceptors (Lipinski definition) is 3. The number of para-hydroxylation sites is 1. The third kappa shape index (κ3) is 2.99. The predicted molar refractivity (Wildman–Crippen MR) is 86.9 cm³/mol. The topological polar surface area (TPSA) is 38.9 Å². The van der Waals surface area contributed by atoms with Crippen LogP contribution in [0, 0.1) is 5.92 Å². The van der Waals surface area contributed by atoms with E-state index in [-0.39, 0.29) is 0 Å². The Bertz CT molecular complexity index is 597. The fraction of sp³-hybridized carbons (Fsp3) is 0.471. The largest absolute Gasteiger partial charge is 0.326 e. The Morgan fingerprint density at radius 2 is 2.15 bits per heavy atom. The van der Waals surface area contributed by atoms with Crippen molar-refractivity contribution in [3.8, 4) is 0 Å². The van der Waals surface area contributed by atoms with E-state index in [2.05, 4.69) is 31.2 Å². The zero-order valence-corrected chi connectivity index (χ0v) is 12.8. The van der Waals surface area contributed by atoms with Crippen molar-refractivity contribution in [1.82, 2.24) is 4.98 Å². The molecule has 1 aliphatic carbocycles. The lowest BCUT2D eigenvalue weighted by molar-refractivity contribution is 0.394. The fourth-order valence-corrected chi connectivity index (χ4v) is 4.52. The number of benzene rings is 1. The molecular weight excluding hydrogens is 264 g/mol. The average molecular weight is 286 g/mol. The first kappa shape index (κ1) is 13.9. The van der Waals surface area contributed by atoms with Gasteiger partial charge in [-0.1, -0.05) is 38.0 Å². The molecule has 20 heavy (non-hydrogen) atoms. The number of aromatic nitrogens is 1. The zero-order chi connectivity index (χ0) is 13.9. The van der Waals surface area contributed by atoms with Crippen LogP contribution in [-0.4, -0.2) is 10.2 Å². The van der Waals surface area contributed by atoms with Gasteiger partial charge in [0.1, 0.15) is 0 Å². The van der Waals surface area contributed by atoms with E-state index in [0.29, 0.717) is 6.54 Å². The van der Waals surface area contributed by atoms with Gasteiger partial charge in [-0.05, 0) is 36.5 Å². The van der Waals surface area contributed by atoms with Crippen molar-refractivity contribution < 1.29 is 0 Å². The van der Waals surface area contributed by atoms with Crippen molar-refractivity contribution in [3.05, 3.63) is 35.9 Å². The number of thioether (sulfide) groups is 1. The maximum Gasteiger partial charge on any atom is 0.0973 e. The maximum atomic E-state index is 5.90. The molecule has 0 spiro atoms. The van der Waals surface area contributed by atoms with Gasteiger partial charge in [-0.15, -0.1) is 11.8 Å². The van der Waals surface area contributed by atoms with Gasteiger partial charge in [-0.2, -0.15) is 0 Å². The van der Waals surface area contributed by atoms with Crippen molar-refractivity contribution in [1.29, 1.82) is 0 Å². The smallest absolute Gasteiger partial charge is 0.0973 e. The molecule has 1 saturated carbocycles. The Kier molecular flexibility index (Phi) is 4.27. The Morgan fingerprint density at radius 3 is 2.95 bits per heavy atom. The van der Waals surface area contributed by atoms with Gasteiger partial charge < -0.3 is 5.73 Å². The summed E-state index contributed by atoms with van der Waals surface area (Å²) in [6.45, 7) is 2.95. The molecule has 3 rings (SSSR count). The van der Waals surface area contributed by atoms with Crippen LogP contribution in [-0.2, 0) is 6.54 Å². The number of fused-ring (bicyclic) bond motifs is 1. The van der Waals surface area contributed by atoms with Gasteiger partial charge in [-0.25, -0.2) is 4.98 Å². The van der Waals surface area contributed by atoms with Crippen LogP contribution in [0.2, 0.25) is 0 Å². The van der Waals surface area contributed by atoms with E-state index < -0.39 is 0 Å². The van der Waals surface area contributed by atoms with Gasteiger partial charge in [0.2, 0.25) is 0 Å². The van der Waals surface area contributed by atoms with E-state index in [0.717, 1.165) is 21.7 Å². The molecule has 2 N–H and O–H groups in total. The van der Waals surface area contributed by atoms with Gasteiger partial charge in [0.05, 0.1) is 10.5 Å². The molecule has 0 amide bonds.